The molecule has 8 nitrogen and oxygen atoms in total. The number of carbonyl (C=O) groups is 1. The van der Waals surface area contributed by atoms with E-state index in [1.165, 1.54) is 0 Å². The molecular formula is C39H57ClO8. The Balaban J connectivity index is 1.79. The summed E-state index contributed by atoms with van der Waals surface area (Å²) in [5.41, 5.74) is 3.09. The number of hydrogen-bond donors (Lipinski definition) is 0. The van der Waals surface area contributed by atoms with Crippen LogP contribution >= 0.6 is 11.6 Å². The van der Waals surface area contributed by atoms with Gasteiger partial charge in [0.25, 0.3) is 0 Å². The van der Waals surface area contributed by atoms with Gasteiger partial charge in [-0.15, -0.1) is 0 Å². The monoisotopic (exact) mass is 688 g/mol. The van der Waals surface area contributed by atoms with Gasteiger partial charge in [-0.05, 0) is 67.9 Å². The number of halogens is 1. The summed E-state index contributed by atoms with van der Waals surface area (Å²) in [7, 11) is 0. The minimum absolute atomic E-state index is 0.0641. The molecule has 268 valence electrons. The molecule has 2 heterocycles. The number of hydrogen-bond acceptors (Lipinski definition) is 8. The molecule has 0 bridgehead atoms. The van der Waals surface area contributed by atoms with Gasteiger partial charge < -0.3 is 33.2 Å². The van der Waals surface area contributed by atoms with Crippen LogP contribution in [0.25, 0.3) is 0 Å². The average molecular weight is 689 g/mol. The highest BCUT2D eigenvalue weighted by Gasteiger charge is 2.50. The van der Waals surface area contributed by atoms with E-state index >= 15 is 0 Å². The van der Waals surface area contributed by atoms with Gasteiger partial charge in [0.1, 0.15) is 42.0 Å². The summed E-state index contributed by atoms with van der Waals surface area (Å²) < 4.78 is 44.8. The Labute approximate surface area is 293 Å². The van der Waals surface area contributed by atoms with Crippen molar-refractivity contribution in [1.82, 2.24) is 0 Å². The van der Waals surface area contributed by atoms with Gasteiger partial charge in [0.05, 0.1) is 23.8 Å². The number of unbranched alkanes of at least 4 members (excludes halogenated alkanes) is 4. The molecule has 0 aromatic heterocycles. The van der Waals surface area contributed by atoms with Crippen LogP contribution in [0.4, 0.5) is 0 Å². The largest absolute Gasteiger partial charge is 0.494 e. The maximum absolute atomic E-state index is 13.5. The van der Waals surface area contributed by atoms with E-state index in [0.29, 0.717) is 68.0 Å². The third kappa shape index (κ3) is 10.2. The lowest BCUT2D eigenvalue weighted by molar-refractivity contribution is -0.268. The van der Waals surface area contributed by atoms with Gasteiger partial charge >= 0.3 is 0 Å². The third-order valence-electron chi connectivity index (χ3n) is 8.87. The first kappa shape index (κ1) is 38.6. The summed E-state index contributed by atoms with van der Waals surface area (Å²) >= 11 is 7.00. The molecule has 0 radical (unpaired) electrons. The van der Waals surface area contributed by atoms with Crippen LogP contribution in [0.1, 0.15) is 119 Å². The van der Waals surface area contributed by atoms with E-state index in [9.17, 15) is 4.79 Å². The second kappa shape index (κ2) is 20.5. The van der Waals surface area contributed by atoms with Crippen LogP contribution in [0, 0.1) is 0 Å². The number of carbonyl (C=O) groups excluding carboxylic acids is 1. The zero-order valence-corrected chi connectivity index (χ0v) is 30.5. The summed E-state index contributed by atoms with van der Waals surface area (Å²) in [6, 6.07) is 10.0. The van der Waals surface area contributed by atoms with Gasteiger partial charge in [-0.3, -0.25) is 4.79 Å². The number of Topliss-reactive ketones (excluding diaryl/α,β-unsaturated/α-hetero) is 1. The lowest BCUT2D eigenvalue weighted by Gasteiger charge is -2.47. The van der Waals surface area contributed by atoms with E-state index in [-0.39, 0.29) is 12.4 Å². The van der Waals surface area contributed by atoms with Crippen LogP contribution in [0.2, 0.25) is 5.02 Å². The standard InChI is InChI=1S/C39H57ClO8/c1-6-11-19-42-26-32-36(44-20-12-7-2)39(46-22-14-9-4)38(45-21-13-8-3)35(48-32)30-24-28(34(40)37-33(30)31(41)25-47-37)23-27-15-17-29(18-16-27)43-10-5/h15-18,24,32,35-36,38-39H,6-14,19-23,25-26H2,1-5H3/t32-,35?,36-,38+,39+/m1/s1. The van der Waals surface area contributed by atoms with E-state index in [2.05, 4.69) is 27.7 Å². The van der Waals surface area contributed by atoms with Crippen molar-refractivity contribution in [3.63, 3.8) is 0 Å². The van der Waals surface area contributed by atoms with Crippen LogP contribution in [-0.4, -0.2) is 76.4 Å². The molecule has 0 aliphatic carbocycles. The third-order valence-corrected chi connectivity index (χ3v) is 9.29. The number of ether oxygens (including phenoxy) is 7. The molecular weight excluding hydrogens is 632 g/mol. The maximum atomic E-state index is 13.5. The predicted molar refractivity (Wildman–Crippen MR) is 189 cm³/mol. The van der Waals surface area contributed by atoms with E-state index in [1.807, 2.05) is 37.3 Å². The molecule has 48 heavy (non-hydrogen) atoms. The topological polar surface area (TPSA) is 81.7 Å². The van der Waals surface area contributed by atoms with Crippen LogP contribution in [0.5, 0.6) is 11.5 Å². The predicted octanol–water partition coefficient (Wildman–Crippen LogP) is 8.72. The van der Waals surface area contributed by atoms with Crippen molar-refractivity contribution in [2.75, 3.05) is 46.2 Å². The van der Waals surface area contributed by atoms with Crippen LogP contribution < -0.4 is 9.47 Å². The molecule has 2 aliphatic heterocycles. The van der Waals surface area contributed by atoms with Crippen molar-refractivity contribution in [3.05, 3.63) is 57.6 Å². The molecule has 0 saturated carbocycles. The molecule has 2 aromatic carbocycles. The fourth-order valence-electron chi connectivity index (χ4n) is 6.20. The lowest BCUT2D eigenvalue weighted by Crippen LogP contribution is -2.58. The number of rotatable bonds is 22. The van der Waals surface area contributed by atoms with Gasteiger partial charge in [0.2, 0.25) is 5.78 Å². The number of ketones is 1. The smallest absolute Gasteiger partial charge is 0.204 e. The Morgan fingerprint density at radius 2 is 1.40 bits per heavy atom. The highest BCUT2D eigenvalue weighted by atomic mass is 35.5. The zero-order valence-electron chi connectivity index (χ0n) is 29.7. The number of fused-ring (bicyclic) bond motifs is 1. The summed E-state index contributed by atoms with van der Waals surface area (Å²) in [4.78, 5) is 13.5. The summed E-state index contributed by atoms with van der Waals surface area (Å²) in [5.74, 6) is 1.11. The number of benzene rings is 2. The van der Waals surface area contributed by atoms with Crippen molar-refractivity contribution in [2.24, 2.45) is 0 Å². The molecule has 1 saturated heterocycles. The highest BCUT2D eigenvalue weighted by Crippen LogP contribution is 2.46. The fraction of sp³-hybridized carbons (Fsp3) is 0.667. The second-order valence-corrected chi connectivity index (χ2v) is 13.1. The molecule has 1 fully saturated rings. The van der Waals surface area contributed by atoms with E-state index < -0.39 is 30.5 Å². The fourth-order valence-corrected chi connectivity index (χ4v) is 6.47. The summed E-state index contributed by atoms with van der Waals surface area (Å²) in [6.07, 6.45) is 5.87. The Kier molecular flexibility index (Phi) is 16.5. The first-order chi connectivity index (χ1) is 23.5. The first-order valence-corrected chi connectivity index (χ1v) is 18.7. The van der Waals surface area contributed by atoms with E-state index in [4.69, 9.17) is 44.8 Å². The molecule has 2 aromatic rings. The van der Waals surface area contributed by atoms with Gasteiger partial charge in [-0.1, -0.05) is 83.2 Å². The average Bonchev–Trinajstić information content (AvgIpc) is 3.48. The SMILES string of the molecule is CCCCOC[C@H]1OC(c2cc(Cc3ccc(OCC)cc3)c(Cl)c3c2C(=O)CO3)[C@H](OCCCC)[C@@H](OCCCC)[C@@H]1OCCCC. The van der Waals surface area contributed by atoms with Crippen molar-refractivity contribution >= 4 is 17.4 Å². The van der Waals surface area contributed by atoms with Gasteiger partial charge in [0.15, 0.2) is 6.61 Å². The van der Waals surface area contributed by atoms with Crippen molar-refractivity contribution in [1.29, 1.82) is 0 Å². The van der Waals surface area contributed by atoms with Crippen molar-refractivity contribution in [2.45, 2.75) is 123 Å². The van der Waals surface area contributed by atoms with Crippen LogP contribution in [0.15, 0.2) is 30.3 Å². The van der Waals surface area contributed by atoms with Gasteiger partial charge in [0, 0.05) is 26.4 Å². The maximum Gasteiger partial charge on any atom is 0.204 e. The second-order valence-electron chi connectivity index (χ2n) is 12.7. The minimum atomic E-state index is -0.630. The molecule has 9 heteroatoms. The molecule has 1 unspecified atom stereocenters. The highest BCUT2D eigenvalue weighted by molar-refractivity contribution is 6.34. The summed E-state index contributed by atoms with van der Waals surface area (Å²) in [5, 5.41) is 0.448. The molecule has 0 amide bonds. The van der Waals surface area contributed by atoms with Crippen molar-refractivity contribution in [3.8, 4) is 11.5 Å². The Hall–Kier alpha value is -2.20. The van der Waals surface area contributed by atoms with Gasteiger partial charge in [-0.25, -0.2) is 0 Å². The summed E-state index contributed by atoms with van der Waals surface area (Å²) in [6.45, 7) is 13.8. The van der Waals surface area contributed by atoms with Gasteiger partial charge in [-0.2, -0.15) is 0 Å². The normalized spacial score (nSPS) is 22.1. The zero-order chi connectivity index (χ0) is 34.3. The molecule has 5 atom stereocenters. The van der Waals surface area contributed by atoms with E-state index in [1.54, 1.807) is 0 Å². The first-order valence-electron chi connectivity index (χ1n) is 18.3. The van der Waals surface area contributed by atoms with Crippen LogP contribution in [-0.2, 0) is 30.1 Å². The minimum Gasteiger partial charge on any atom is -0.494 e. The Morgan fingerprint density at radius 1 is 0.792 bits per heavy atom. The van der Waals surface area contributed by atoms with Crippen molar-refractivity contribution < 1.29 is 38.0 Å². The Bertz CT molecular complexity index is 1250. The molecule has 2 aliphatic rings. The molecule has 4 rings (SSSR count). The lowest BCUT2D eigenvalue weighted by atomic mass is 9.86. The van der Waals surface area contributed by atoms with Crippen LogP contribution in [0.3, 0.4) is 0 Å². The van der Waals surface area contributed by atoms with E-state index in [0.717, 1.165) is 68.2 Å². The molecule has 0 N–H and O–H groups in total. The Morgan fingerprint density at radius 3 is 2.02 bits per heavy atom. The molecule has 0 spiro atoms. The quantitative estimate of drug-likeness (QED) is 0.114.